The van der Waals surface area contributed by atoms with Gasteiger partial charge in [-0.05, 0) is 26.3 Å². The van der Waals surface area contributed by atoms with Crippen LogP contribution < -0.4 is 5.32 Å². The van der Waals surface area contributed by atoms with Crippen molar-refractivity contribution < 1.29 is 9.72 Å². The number of nitro groups is 1. The van der Waals surface area contributed by atoms with Crippen LogP contribution >= 0.6 is 0 Å². The maximum absolute atomic E-state index is 11.9. The number of carbonyl (C=O) groups excluding carboxylic acids is 1. The molecule has 1 heterocycles. The molecule has 7 nitrogen and oxygen atoms in total. The van der Waals surface area contributed by atoms with Crippen LogP contribution in [0, 0.1) is 17.0 Å². The highest BCUT2D eigenvalue weighted by molar-refractivity contribution is 5.84. The number of nitrogens with one attached hydrogen (secondary N) is 1. The molecule has 0 aliphatic carbocycles. The molecule has 0 saturated heterocycles. The maximum atomic E-state index is 11.9. The lowest BCUT2D eigenvalue weighted by Gasteiger charge is -2.21. The number of nitrogens with zero attached hydrogens (tertiary/aromatic N) is 3. The molecule has 19 heavy (non-hydrogen) atoms. The highest BCUT2D eigenvalue weighted by Crippen LogP contribution is 2.18. The van der Waals surface area contributed by atoms with Gasteiger partial charge in [-0.3, -0.25) is 14.9 Å². The normalized spacial score (nSPS) is 11.8. The van der Waals surface area contributed by atoms with Crippen molar-refractivity contribution >= 4 is 17.4 Å². The van der Waals surface area contributed by atoms with E-state index < -0.39 is 11.0 Å². The van der Waals surface area contributed by atoms with Gasteiger partial charge in [-0.15, -0.1) is 0 Å². The first kappa shape index (κ1) is 14.9. The standard InChI is InChI=1S/C12H18N4O3/c1-5-15(4)12(17)9(3)14-11-8(2)6-10(7-13-11)16(18)19/h6-7,9H,5H2,1-4H3,(H,13,14). The van der Waals surface area contributed by atoms with E-state index in [0.717, 1.165) is 0 Å². The van der Waals surface area contributed by atoms with Gasteiger partial charge in [0.2, 0.25) is 5.91 Å². The lowest BCUT2D eigenvalue weighted by atomic mass is 10.2. The fourth-order valence-electron chi connectivity index (χ4n) is 1.56. The van der Waals surface area contributed by atoms with Crippen LogP contribution in [-0.4, -0.2) is 40.3 Å². The number of aryl methyl sites for hydroxylation is 1. The van der Waals surface area contributed by atoms with Gasteiger partial charge in [0.25, 0.3) is 5.69 Å². The van der Waals surface area contributed by atoms with Gasteiger partial charge < -0.3 is 10.2 Å². The molecule has 1 unspecified atom stereocenters. The van der Waals surface area contributed by atoms with Crippen molar-refractivity contribution in [1.82, 2.24) is 9.88 Å². The van der Waals surface area contributed by atoms with Crippen molar-refractivity contribution in [3.63, 3.8) is 0 Å². The van der Waals surface area contributed by atoms with Crippen molar-refractivity contribution in [3.05, 3.63) is 27.9 Å². The third-order valence-corrected chi connectivity index (χ3v) is 2.85. The van der Waals surface area contributed by atoms with Crippen molar-refractivity contribution in [2.75, 3.05) is 18.9 Å². The highest BCUT2D eigenvalue weighted by atomic mass is 16.6. The molecule has 1 rings (SSSR count). The summed E-state index contributed by atoms with van der Waals surface area (Å²) in [6.45, 7) is 5.96. The van der Waals surface area contributed by atoms with Crippen LogP contribution in [0.5, 0.6) is 0 Å². The van der Waals surface area contributed by atoms with E-state index in [1.54, 1.807) is 25.8 Å². The number of carbonyl (C=O) groups is 1. The smallest absolute Gasteiger partial charge is 0.287 e. The van der Waals surface area contributed by atoms with Crippen molar-refractivity contribution in [2.24, 2.45) is 0 Å². The van der Waals surface area contributed by atoms with E-state index in [2.05, 4.69) is 10.3 Å². The Morgan fingerprint density at radius 3 is 2.74 bits per heavy atom. The first-order valence-corrected chi connectivity index (χ1v) is 5.99. The average molecular weight is 266 g/mol. The molecule has 1 N–H and O–H groups in total. The predicted molar refractivity (Wildman–Crippen MR) is 72.0 cm³/mol. The summed E-state index contributed by atoms with van der Waals surface area (Å²) in [6.07, 6.45) is 1.18. The van der Waals surface area contributed by atoms with Crippen molar-refractivity contribution in [3.8, 4) is 0 Å². The number of amides is 1. The predicted octanol–water partition coefficient (Wildman–Crippen LogP) is 1.58. The van der Waals surface area contributed by atoms with Gasteiger partial charge in [-0.1, -0.05) is 0 Å². The molecular formula is C12H18N4O3. The highest BCUT2D eigenvalue weighted by Gasteiger charge is 2.18. The van der Waals surface area contributed by atoms with E-state index in [4.69, 9.17) is 0 Å². The second-order valence-electron chi connectivity index (χ2n) is 4.33. The van der Waals surface area contributed by atoms with Crippen molar-refractivity contribution in [1.29, 1.82) is 0 Å². The van der Waals surface area contributed by atoms with E-state index in [9.17, 15) is 14.9 Å². The second-order valence-corrected chi connectivity index (χ2v) is 4.33. The van der Waals surface area contributed by atoms with Gasteiger partial charge >= 0.3 is 0 Å². The molecule has 0 fully saturated rings. The van der Waals surface area contributed by atoms with Gasteiger partial charge in [-0.25, -0.2) is 4.98 Å². The number of aromatic nitrogens is 1. The van der Waals surface area contributed by atoms with E-state index >= 15 is 0 Å². The zero-order valence-electron chi connectivity index (χ0n) is 11.5. The molecule has 7 heteroatoms. The Morgan fingerprint density at radius 1 is 1.63 bits per heavy atom. The molecule has 0 radical (unpaired) electrons. The van der Waals surface area contributed by atoms with E-state index in [-0.39, 0.29) is 11.6 Å². The summed E-state index contributed by atoms with van der Waals surface area (Å²) >= 11 is 0. The fourth-order valence-corrected chi connectivity index (χ4v) is 1.56. The summed E-state index contributed by atoms with van der Waals surface area (Å²) in [5.41, 5.74) is 0.570. The van der Waals surface area contributed by atoms with Crippen LogP contribution in [0.25, 0.3) is 0 Å². The number of likely N-dealkylation sites (N-methyl/N-ethyl adjacent to an activating group) is 1. The lowest BCUT2D eigenvalue weighted by Crippen LogP contribution is -2.39. The quantitative estimate of drug-likeness (QED) is 0.645. The Balaban J connectivity index is 2.83. The second kappa shape index (κ2) is 6.12. The largest absolute Gasteiger partial charge is 0.358 e. The van der Waals surface area contributed by atoms with Gasteiger partial charge in [0, 0.05) is 19.7 Å². The molecule has 1 amide bonds. The third kappa shape index (κ3) is 3.64. The summed E-state index contributed by atoms with van der Waals surface area (Å²) in [5, 5.41) is 13.6. The zero-order valence-corrected chi connectivity index (χ0v) is 11.5. The summed E-state index contributed by atoms with van der Waals surface area (Å²) in [4.78, 5) is 27.6. The van der Waals surface area contributed by atoms with Gasteiger partial charge in [0.15, 0.2) is 0 Å². The minimum atomic E-state index is -0.497. The van der Waals surface area contributed by atoms with E-state index in [1.807, 2.05) is 6.92 Å². The molecule has 0 aromatic carbocycles. The van der Waals surface area contributed by atoms with Crippen LogP contribution in [0.3, 0.4) is 0 Å². The number of pyridine rings is 1. The Hall–Kier alpha value is -2.18. The Labute approximate surface area is 111 Å². The molecule has 0 aliphatic heterocycles. The molecule has 0 spiro atoms. The van der Waals surface area contributed by atoms with Crippen molar-refractivity contribution in [2.45, 2.75) is 26.8 Å². The molecule has 1 atom stereocenters. The number of anilines is 1. The molecule has 1 aromatic rings. The van der Waals surface area contributed by atoms with Crippen LogP contribution in [-0.2, 0) is 4.79 Å². The first-order valence-electron chi connectivity index (χ1n) is 5.99. The minimum Gasteiger partial charge on any atom is -0.358 e. The third-order valence-electron chi connectivity index (χ3n) is 2.85. The maximum Gasteiger partial charge on any atom is 0.287 e. The summed E-state index contributed by atoms with van der Waals surface area (Å²) in [6, 6.07) is 0.994. The fraction of sp³-hybridized carbons (Fsp3) is 0.500. The van der Waals surface area contributed by atoms with Crippen LogP contribution in [0.2, 0.25) is 0 Å². The number of hydrogen-bond acceptors (Lipinski definition) is 5. The first-order chi connectivity index (χ1) is 8.86. The van der Waals surface area contributed by atoms with E-state index in [1.165, 1.54) is 12.3 Å². The topological polar surface area (TPSA) is 88.4 Å². The zero-order chi connectivity index (χ0) is 14.6. The molecule has 0 bridgehead atoms. The summed E-state index contributed by atoms with van der Waals surface area (Å²) < 4.78 is 0. The number of rotatable bonds is 5. The Bertz CT molecular complexity index is 490. The van der Waals surface area contributed by atoms with Gasteiger partial charge in [-0.2, -0.15) is 0 Å². The summed E-state index contributed by atoms with van der Waals surface area (Å²) in [7, 11) is 1.72. The minimum absolute atomic E-state index is 0.0537. The SMILES string of the molecule is CCN(C)C(=O)C(C)Nc1ncc([N+](=O)[O-])cc1C. The van der Waals surface area contributed by atoms with E-state index in [0.29, 0.717) is 17.9 Å². The summed E-state index contributed by atoms with van der Waals surface area (Å²) in [5.74, 6) is 0.429. The molecule has 1 aromatic heterocycles. The average Bonchev–Trinajstić information content (AvgIpc) is 2.38. The Kier molecular flexibility index (Phi) is 4.80. The van der Waals surface area contributed by atoms with Crippen LogP contribution in [0.1, 0.15) is 19.4 Å². The Morgan fingerprint density at radius 2 is 2.26 bits per heavy atom. The molecule has 0 saturated carbocycles. The molecule has 0 aliphatic rings. The van der Waals surface area contributed by atoms with Crippen LogP contribution in [0.15, 0.2) is 12.3 Å². The molecule has 104 valence electrons. The van der Waals surface area contributed by atoms with Crippen LogP contribution in [0.4, 0.5) is 11.5 Å². The number of hydrogen-bond donors (Lipinski definition) is 1. The monoisotopic (exact) mass is 266 g/mol. The van der Waals surface area contributed by atoms with Gasteiger partial charge in [0.05, 0.1) is 4.92 Å². The molecular weight excluding hydrogens is 248 g/mol. The van der Waals surface area contributed by atoms with Gasteiger partial charge in [0.1, 0.15) is 18.1 Å². The lowest BCUT2D eigenvalue weighted by molar-refractivity contribution is -0.385.